The van der Waals surface area contributed by atoms with Crippen LogP contribution in [0.4, 0.5) is 8.78 Å². The molecule has 1 rings (SSSR count). The minimum absolute atomic E-state index is 0.450. The van der Waals surface area contributed by atoms with E-state index in [0.717, 1.165) is 19.8 Å². The molecule has 0 aromatic heterocycles. The number of rotatable bonds is 3. The summed E-state index contributed by atoms with van der Waals surface area (Å²) in [5.74, 6) is -2.26. The molecule has 72 valence electrons. The Kier molecular flexibility index (Phi) is 3.04. The predicted molar refractivity (Wildman–Crippen MR) is 45.2 cm³/mol. The van der Waals surface area contributed by atoms with Crippen LogP contribution < -0.4 is 5.73 Å². The Labute approximate surface area is 72.3 Å². The summed E-state index contributed by atoms with van der Waals surface area (Å²) in [7, 11) is 0. The Balaban J connectivity index is 2.30. The van der Waals surface area contributed by atoms with E-state index in [9.17, 15) is 8.78 Å². The summed E-state index contributed by atoms with van der Waals surface area (Å²) in [5.41, 5.74) is 5.38. The van der Waals surface area contributed by atoms with E-state index in [0.29, 0.717) is 12.3 Å². The molecule has 0 spiro atoms. The second-order valence-corrected chi connectivity index (χ2v) is 3.95. The maximum Gasteiger partial charge on any atom is 0.260 e. The van der Waals surface area contributed by atoms with Crippen molar-refractivity contribution in [2.45, 2.75) is 51.0 Å². The summed E-state index contributed by atoms with van der Waals surface area (Å²) in [6.45, 7) is 0.909. The molecule has 0 aromatic carbocycles. The van der Waals surface area contributed by atoms with Gasteiger partial charge in [0.25, 0.3) is 5.92 Å². The van der Waals surface area contributed by atoms with E-state index >= 15 is 0 Å². The van der Waals surface area contributed by atoms with Gasteiger partial charge in [-0.2, -0.15) is 0 Å². The lowest BCUT2D eigenvalue weighted by molar-refractivity contribution is -0.0124. The van der Waals surface area contributed by atoms with Crippen LogP contribution in [0.1, 0.15) is 39.0 Å². The molecule has 0 aliphatic heterocycles. The van der Waals surface area contributed by atoms with Crippen LogP contribution in [0.15, 0.2) is 0 Å². The van der Waals surface area contributed by atoms with E-state index in [1.165, 1.54) is 12.8 Å². The van der Waals surface area contributed by atoms with Crippen molar-refractivity contribution in [3.05, 3.63) is 0 Å². The van der Waals surface area contributed by atoms with Crippen molar-refractivity contribution in [1.29, 1.82) is 0 Å². The first kappa shape index (κ1) is 9.90. The molecule has 0 bridgehead atoms. The summed E-state index contributed by atoms with van der Waals surface area (Å²) in [4.78, 5) is 0. The zero-order chi connectivity index (χ0) is 9.19. The third kappa shape index (κ3) is 2.70. The topological polar surface area (TPSA) is 26.0 Å². The second kappa shape index (κ2) is 3.69. The molecule has 3 heteroatoms. The van der Waals surface area contributed by atoms with Crippen LogP contribution in [0.2, 0.25) is 0 Å². The molecule has 1 unspecified atom stereocenters. The second-order valence-electron chi connectivity index (χ2n) is 3.95. The quantitative estimate of drug-likeness (QED) is 0.704. The average molecular weight is 177 g/mol. The summed E-state index contributed by atoms with van der Waals surface area (Å²) in [6.07, 6.45) is 5.04. The average Bonchev–Trinajstić information content (AvgIpc) is 2.37. The van der Waals surface area contributed by atoms with E-state index in [1.54, 1.807) is 0 Å². The lowest BCUT2D eigenvalue weighted by Crippen LogP contribution is -2.39. The highest BCUT2D eigenvalue weighted by Gasteiger charge is 2.33. The van der Waals surface area contributed by atoms with Crippen LogP contribution in [0.3, 0.4) is 0 Å². The Morgan fingerprint density at radius 2 is 1.92 bits per heavy atom. The molecule has 0 radical (unpaired) electrons. The first-order chi connectivity index (χ1) is 5.50. The van der Waals surface area contributed by atoms with Crippen LogP contribution in [-0.2, 0) is 0 Å². The van der Waals surface area contributed by atoms with Gasteiger partial charge < -0.3 is 5.73 Å². The minimum Gasteiger partial charge on any atom is -0.323 e. The van der Waals surface area contributed by atoms with Gasteiger partial charge >= 0.3 is 0 Å². The van der Waals surface area contributed by atoms with Gasteiger partial charge in [0.1, 0.15) is 0 Å². The molecular weight excluding hydrogens is 160 g/mol. The summed E-state index contributed by atoms with van der Waals surface area (Å²) in [6, 6.07) is -0.944. The summed E-state index contributed by atoms with van der Waals surface area (Å²) >= 11 is 0. The van der Waals surface area contributed by atoms with Gasteiger partial charge in [-0.1, -0.05) is 25.7 Å². The van der Waals surface area contributed by atoms with Crippen molar-refractivity contribution in [3.8, 4) is 0 Å². The Hall–Kier alpha value is -0.180. The van der Waals surface area contributed by atoms with Gasteiger partial charge in [0.2, 0.25) is 0 Å². The van der Waals surface area contributed by atoms with Crippen LogP contribution in [-0.4, -0.2) is 12.0 Å². The molecular formula is C9H17F2N. The summed E-state index contributed by atoms with van der Waals surface area (Å²) < 4.78 is 25.3. The molecule has 1 aliphatic rings. The molecule has 1 atom stereocenters. The van der Waals surface area contributed by atoms with Crippen molar-refractivity contribution in [2.75, 3.05) is 0 Å². The third-order valence-electron chi connectivity index (χ3n) is 2.71. The maximum atomic E-state index is 12.6. The molecule has 0 saturated heterocycles. The minimum atomic E-state index is -2.71. The molecule has 2 N–H and O–H groups in total. The Bertz CT molecular complexity index is 136. The predicted octanol–water partition coefficient (Wildman–Crippen LogP) is 2.55. The van der Waals surface area contributed by atoms with Gasteiger partial charge in [-0.15, -0.1) is 0 Å². The first-order valence-electron chi connectivity index (χ1n) is 4.63. The zero-order valence-corrected chi connectivity index (χ0v) is 7.52. The summed E-state index contributed by atoms with van der Waals surface area (Å²) in [5, 5.41) is 0. The lowest BCUT2D eigenvalue weighted by Gasteiger charge is -2.21. The third-order valence-corrected chi connectivity index (χ3v) is 2.71. The van der Waals surface area contributed by atoms with Crippen LogP contribution in [0, 0.1) is 5.92 Å². The molecule has 12 heavy (non-hydrogen) atoms. The van der Waals surface area contributed by atoms with E-state index in [-0.39, 0.29) is 0 Å². The van der Waals surface area contributed by atoms with Gasteiger partial charge in [0.05, 0.1) is 6.04 Å². The highest BCUT2D eigenvalue weighted by atomic mass is 19.3. The number of nitrogens with two attached hydrogens (primary N) is 1. The monoisotopic (exact) mass is 177 g/mol. The smallest absolute Gasteiger partial charge is 0.260 e. The molecule has 1 fully saturated rings. The number of alkyl halides is 2. The molecule has 1 aliphatic carbocycles. The van der Waals surface area contributed by atoms with Crippen molar-refractivity contribution in [1.82, 2.24) is 0 Å². The highest BCUT2D eigenvalue weighted by Crippen LogP contribution is 2.31. The number of halogens is 2. The van der Waals surface area contributed by atoms with Gasteiger partial charge in [-0.25, -0.2) is 8.78 Å². The molecule has 0 amide bonds. The molecule has 1 saturated carbocycles. The van der Waals surface area contributed by atoms with Gasteiger partial charge in [0, 0.05) is 6.92 Å². The Morgan fingerprint density at radius 3 is 2.33 bits per heavy atom. The largest absolute Gasteiger partial charge is 0.323 e. The number of hydrogen-bond acceptors (Lipinski definition) is 1. The van der Waals surface area contributed by atoms with Gasteiger partial charge in [-0.3, -0.25) is 0 Å². The first-order valence-corrected chi connectivity index (χ1v) is 4.63. The standard InChI is InChI=1S/C9H17F2N/c1-9(10,11)8(12)6-7-4-2-3-5-7/h7-8H,2-6,12H2,1H3. The lowest BCUT2D eigenvalue weighted by atomic mass is 9.96. The molecule has 1 nitrogen and oxygen atoms in total. The number of hydrogen-bond donors (Lipinski definition) is 1. The fraction of sp³-hybridized carbons (Fsp3) is 1.00. The normalized spacial score (nSPS) is 23.0. The van der Waals surface area contributed by atoms with Crippen LogP contribution in [0.5, 0.6) is 0 Å². The van der Waals surface area contributed by atoms with Gasteiger partial charge in [0.15, 0.2) is 0 Å². The molecule has 0 heterocycles. The van der Waals surface area contributed by atoms with Crippen LogP contribution >= 0.6 is 0 Å². The fourth-order valence-electron chi connectivity index (χ4n) is 1.81. The fourth-order valence-corrected chi connectivity index (χ4v) is 1.81. The SMILES string of the molecule is CC(F)(F)C(N)CC1CCCC1. The van der Waals surface area contributed by atoms with E-state index in [4.69, 9.17) is 5.73 Å². The zero-order valence-electron chi connectivity index (χ0n) is 7.52. The van der Waals surface area contributed by atoms with E-state index in [1.807, 2.05) is 0 Å². The van der Waals surface area contributed by atoms with E-state index < -0.39 is 12.0 Å². The molecule has 0 aromatic rings. The highest BCUT2D eigenvalue weighted by molar-refractivity contribution is 4.80. The van der Waals surface area contributed by atoms with Crippen LogP contribution in [0.25, 0.3) is 0 Å². The Morgan fingerprint density at radius 1 is 1.42 bits per heavy atom. The van der Waals surface area contributed by atoms with Crippen molar-refractivity contribution in [3.63, 3.8) is 0 Å². The van der Waals surface area contributed by atoms with Crippen molar-refractivity contribution in [2.24, 2.45) is 11.7 Å². The maximum absolute atomic E-state index is 12.6. The van der Waals surface area contributed by atoms with Crippen molar-refractivity contribution >= 4 is 0 Å². The van der Waals surface area contributed by atoms with Crippen molar-refractivity contribution < 1.29 is 8.78 Å². The van der Waals surface area contributed by atoms with E-state index in [2.05, 4.69) is 0 Å². The van der Waals surface area contributed by atoms with Gasteiger partial charge in [-0.05, 0) is 12.3 Å².